The van der Waals surface area contributed by atoms with Crippen LogP contribution >= 0.6 is 23.1 Å². The lowest BCUT2D eigenvalue weighted by atomic mass is 10.1. The molecule has 3 rings (SSSR count). The maximum absolute atomic E-state index is 12.9. The molecule has 0 radical (unpaired) electrons. The van der Waals surface area contributed by atoms with Crippen LogP contribution in [0.15, 0.2) is 64.9 Å². The molecular weight excluding hydrogens is 414 g/mol. The summed E-state index contributed by atoms with van der Waals surface area (Å²) in [5, 5.41) is 17.5. The third-order valence-electron chi connectivity index (χ3n) is 4.32. The molecule has 2 N–H and O–H groups in total. The number of hydrogen-bond acceptors (Lipinski definition) is 5. The highest BCUT2D eigenvalue weighted by molar-refractivity contribution is 8.00. The predicted octanol–water partition coefficient (Wildman–Crippen LogP) is 5.75. The van der Waals surface area contributed by atoms with Crippen LogP contribution in [0.3, 0.4) is 0 Å². The Bertz CT molecular complexity index is 1090. The molecule has 0 aliphatic rings. The summed E-state index contributed by atoms with van der Waals surface area (Å²) >= 11 is 2.79. The molecule has 30 heavy (non-hydrogen) atoms. The van der Waals surface area contributed by atoms with Crippen molar-refractivity contribution in [2.45, 2.75) is 30.4 Å². The molecule has 0 aliphatic heterocycles. The predicted molar refractivity (Wildman–Crippen MR) is 124 cm³/mol. The van der Waals surface area contributed by atoms with Gasteiger partial charge in [-0.25, -0.2) is 0 Å². The number of hydrogen-bond donors (Lipinski definition) is 2. The number of nitriles is 1. The Morgan fingerprint density at radius 2 is 1.90 bits per heavy atom. The number of anilines is 2. The van der Waals surface area contributed by atoms with Crippen LogP contribution in [0.4, 0.5) is 10.7 Å². The van der Waals surface area contributed by atoms with E-state index in [-0.39, 0.29) is 17.1 Å². The number of thiophene rings is 1. The van der Waals surface area contributed by atoms with Crippen LogP contribution in [0.25, 0.3) is 11.1 Å². The van der Waals surface area contributed by atoms with Crippen molar-refractivity contribution < 1.29 is 9.59 Å². The Balaban J connectivity index is 1.76. The fourth-order valence-electron chi connectivity index (χ4n) is 2.92. The number of rotatable bonds is 7. The highest BCUT2D eigenvalue weighted by atomic mass is 32.2. The van der Waals surface area contributed by atoms with Crippen molar-refractivity contribution in [2.24, 2.45) is 0 Å². The summed E-state index contributed by atoms with van der Waals surface area (Å²) in [4.78, 5) is 25.1. The SMILES string of the molecule is CCC(Sc1cccc(NC(C)=O)c1)C(=O)Nc1scc(-c2ccccc2)c1C#N. The molecule has 0 spiro atoms. The first-order chi connectivity index (χ1) is 14.5. The van der Waals surface area contributed by atoms with Gasteiger partial charge in [0, 0.05) is 28.5 Å². The number of nitrogens with zero attached hydrogens (tertiary/aromatic N) is 1. The van der Waals surface area contributed by atoms with Crippen LogP contribution in [-0.2, 0) is 9.59 Å². The van der Waals surface area contributed by atoms with Crippen LogP contribution in [0.2, 0.25) is 0 Å². The van der Waals surface area contributed by atoms with Crippen LogP contribution in [0, 0.1) is 11.3 Å². The molecule has 7 heteroatoms. The number of carbonyl (C=O) groups excluding carboxylic acids is 2. The lowest BCUT2D eigenvalue weighted by Gasteiger charge is -2.15. The number of amides is 2. The summed E-state index contributed by atoms with van der Waals surface area (Å²) in [6, 6.07) is 19.3. The summed E-state index contributed by atoms with van der Waals surface area (Å²) in [6.07, 6.45) is 0.625. The van der Waals surface area contributed by atoms with E-state index in [0.29, 0.717) is 22.7 Å². The number of nitrogens with one attached hydrogen (secondary N) is 2. The molecule has 152 valence electrons. The van der Waals surface area contributed by atoms with Crippen molar-refractivity contribution in [3.8, 4) is 17.2 Å². The van der Waals surface area contributed by atoms with E-state index in [9.17, 15) is 14.9 Å². The van der Waals surface area contributed by atoms with Gasteiger partial charge in [-0.3, -0.25) is 9.59 Å². The van der Waals surface area contributed by atoms with Gasteiger partial charge in [0.05, 0.1) is 10.8 Å². The minimum absolute atomic E-state index is 0.141. The minimum atomic E-state index is -0.327. The van der Waals surface area contributed by atoms with Crippen LogP contribution in [0.1, 0.15) is 25.8 Å². The maximum Gasteiger partial charge on any atom is 0.238 e. The van der Waals surface area contributed by atoms with Crippen LogP contribution in [0.5, 0.6) is 0 Å². The van der Waals surface area contributed by atoms with Crippen molar-refractivity contribution >= 4 is 45.6 Å². The van der Waals surface area contributed by atoms with E-state index >= 15 is 0 Å². The Labute approximate surface area is 184 Å². The number of thioether (sulfide) groups is 1. The van der Waals surface area contributed by atoms with Crippen molar-refractivity contribution in [1.82, 2.24) is 0 Å². The van der Waals surface area contributed by atoms with E-state index in [1.165, 1.54) is 30.0 Å². The Morgan fingerprint density at radius 3 is 2.57 bits per heavy atom. The third kappa shape index (κ3) is 5.29. The Morgan fingerprint density at radius 1 is 1.13 bits per heavy atom. The summed E-state index contributed by atoms with van der Waals surface area (Å²) in [5.41, 5.74) is 2.94. The largest absolute Gasteiger partial charge is 0.326 e. The monoisotopic (exact) mass is 435 g/mol. The highest BCUT2D eigenvalue weighted by Gasteiger charge is 2.21. The van der Waals surface area contributed by atoms with Crippen LogP contribution in [-0.4, -0.2) is 17.1 Å². The van der Waals surface area contributed by atoms with Crippen molar-refractivity contribution in [1.29, 1.82) is 5.26 Å². The standard InChI is InChI=1S/C23H21N3O2S2/c1-3-21(30-18-11-7-10-17(12-18)25-15(2)27)22(28)26-23-19(13-24)20(14-29-23)16-8-5-4-6-9-16/h4-12,14,21H,3H2,1-2H3,(H,25,27)(H,26,28). The topological polar surface area (TPSA) is 82.0 Å². The van der Waals surface area contributed by atoms with Gasteiger partial charge in [-0.1, -0.05) is 43.3 Å². The molecule has 0 bridgehead atoms. The zero-order chi connectivity index (χ0) is 21.5. The normalized spacial score (nSPS) is 11.4. The summed E-state index contributed by atoms with van der Waals surface area (Å²) < 4.78 is 0. The molecule has 1 atom stereocenters. The lowest BCUT2D eigenvalue weighted by Crippen LogP contribution is -2.24. The van der Waals surface area contributed by atoms with Gasteiger partial charge in [0.15, 0.2) is 0 Å². The second-order valence-electron chi connectivity index (χ2n) is 6.54. The van der Waals surface area contributed by atoms with Crippen LogP contribution < -0.4 is 10.6 Å². The van der Waals surface area contributed by atoms with Crippen molar-refractivity contribution in [3.63, 3.8) is 0 Å². The van der Waals surface area contributed by atoms with E-state index in [2.05, 4.69) is 16.7 Å². The maximum atomic E-state index is 12.9. The molecule has 0 saturated heterocycles. The quantitative estimate of drug-likeness (QED) is 0.463. The summed E-state index contributed by atoms with van der Waals surface area (Å²) in [5.74, 6) is -0.289. The summed E-state index contributed by atoms with van der Waals surface area (Å²) in [6.45, 7) is 3.41. The van der Waals surface area contributed by atoms with Gasteiger partial charge in [0.1, 0.15) is 11.1 Å². The zero-order valence-corrected chi connectivity index (χ0v) is 18.3. The molecule has 3 aromatic rings. The smallest absolute Gasteiger partial charge is 0.238 e. The molecule has 0 fully saturated rings. The molecule has 2 aromatic carbocycles. The molecule has 1 unspecified atom stereocenters. The van der Waals surface area contributed by atoms with E-state index in [1.54, 1.807) is 0 Å². The fraction of sp³-hybridized carbons (Fsp3) is 0.174. The van der Waals surface area contributed by atoms with E-state index < -0.39 is 0 Å². The fourth-order valence-corrected chi connectivity index (χ4v) is 4.86. The van der Waals surface area contributed by atoms with Gasteiger partial charge >= 0.3 is 0 Å². The molecular formula is C23H21N3O2S2. The van der Waals surface area contributed by atoms with Gasteiger partial charge in [-0.15, -0.1) is 23.1 Å². The van der Waals surface area contributed by atoms with E-state index in [1.807, 2.05) is 66.9 Å². The molecule has 1 heterocycles. The first-order valence-electron chi connectivity index (χ1n) is 9.44. The van der Waals surface area contributed by atoms with E-state index in [0.717, 1.165) is 16.0 Å². The van der Waals surface area contributed by atoms with Gasteiger partial charge in [-0.2, -0.15) is 5.26 Å². The summed E-state index contributed by atoms with van der Waals surface area (Å²) in [7, 11) is 0. The second kappa shape index (κ2) is 10.1. The lowest BCUT2D eigenvalue weighted by molar-refractivity contribution is -0.116. The molecule has 5 nitrogen and oxygen atoms in total. The molecule has 2 amide bonds. The molecule has 0 aliphatic carbocycles. The van der Waals surface area contributed by atoms with E-state index in [4.69, 9.17) is 0 Å². The van der Waals surface area contributed by atoms with Gasteiger partial charge in [0.25, 0.3) is 0 Å². The average Bonchev–Trinajstić information content (AvgIpc) is 3.14. The Hall–Kier alpha value is -3.08. The zero-order valence-electron chi connectivity index (χ0n) is 16.6. The van der Waals surface area contributed by atoms with Crippen molar-refractivity contribution in [2.75, 3.05) is 10.6 Å². The minimum Gasteiger partial charge on any atom is -0.326 e. The second-order valence-corrected chi connectivity index (χ2v) is 8.70. The number of carbonyl (C=O) groups is 2. The number of benzene rings is 2. The Kier molecular flexibility index (Phi) is 7.28. The molecule has 1 aromatic heterocycles. The van der Waals surface area contributed by atoms with Gasteiger partial charge in [-0.05, 0) is 30.2 Å². The van der Waals surface area contributed by atoms with Gasteiger partial charge < -0.3 is 10.6 Å². The van der Waals surface area contributed by atoms with Crippen molar-refractivity contribution in [3.05, 3.63) is 65.5 Å². The third-order valence-corrected chi connectivity index (χ3v) is 6.57. The first-order valence-corrected chi connectivity index (χ1v) is 11.2. The highest BCUT2D eigenvalue weighted by Crippen LogP contribution is 2.36. The molecule has 0 saturated carbocycles. The first kappa shape index (κ1) is 21.6. The van der Waals surface area contributed by atoms with Gasteiger partial charge in [0.2, 0.25) is 11.8 Å². The average molecular weight is 436 g/mol.